The second-order valence-electron chi connectivity index (χ2n) is 4.71. The minimum atomic E-state index is -3.72. The van der Waals surface area contributed by atoms with Crippen LogP contribution in [-0.4, -0.2) is 14.0 Å². The molecule has 0 aliphatic heterocycles. The lowest BCUT2D eigenvalue weighted by molar-refractivity contribution is 0.597. The Morgan fingerprint density at radius 1 is 1.19 bits per heavy atom. The highest BCUT2D eigenvalue weighted by Crippen LogP contribution is 2.22. The first-order valence-electron chi connectivity index (χ1n) is 4.79. The average molecular weight is 243 g/mol. The van der Waals surface area contributed by atoms with Gasteiger partial charge in [-0.3, -0.25) is 0 Å². The molecule has 0 saturated carbocycles. The van der Waals surface area contributed by atoms with Gasteiger partial charge < -0.3 is 11.1 Å². The standard InChI is InChI=1S/C10H17N3O2S/c1-10(2,3)13-8-4-7(11)5-9(6-8)16(12,14)15/h4-6,13H,11H2,1-3H3,(H2,12,14,15). The number of benzene rings is 1. The Labute approximate surface area is 95.9 Å². The van der Waals surface area contributed by atoms with E-state index in [4.69, 9.17) is 10.9 Å². The summed E-state index contributed by atoms with van der Waals surface area (Å²) in [5.74, 6) is 0. The third-order valence-electron chi connectivity index (χ3n) is 1.78. The van der Waals surface area contributed by atoms with Crippen molar-refractivity contribution < 1.29 is 8.42 Å². The minimum Gasteiger partial charge on any atom is -0.399 e. The second-order valence-corrected chi connectivity index (χ2v) is 6.27. The van der Waals surface area contributed by atoms with Crippen LogP contribution in [0.1, 0.15) is 20.8 Å². The first kappa shape index (κ1) is 12.8. The minimum absolute atomic E-state index is 0.0132. The molecule has 1 aromatic carbocycles. The fourth-order valence-corrected chi connectivity index (χ4v) is 1.88. The van der Waals surface area contributed by atoms with E-state index >= 15 is 0 Å². The highest BCUT2D eigenvalue weighted by Gasteiger charge is 2.13. The van der Waals surface area contributed by atoms with E-state index in [1.54, 1.807) is 6.07 Å². The van der Waals surface area contributed by atoms with Crippen molar-refractivity contribution in [2.75, 3.05) is 11.1 Å². The zero-order chi connectivity index (χ0) is 12.6. The first-order valence-corrected chi connectivity index (χ1v) is 6.34. The Balaban J connectivity index is 3.19. The Morgan fingerprint density at radius 3 is 2.19 bits per heavy atom. The van der Waals surface area contributed by atoms with E-state index in [-0.39, 0.29) is 10.4 Å². The van der Waals surface area contributed by atoms with E-state index in [2.05, 4.69) is 5.32 Å². The molecular formula is C10H17N3O2S. The van der Waals surface area contributed by atoms with Gasteiger partial charge in [0.05, 0.1) is 4.90 Å². The molecule has 0 fully saturated rings. The first-order chi connectivity index (χ1) is 7.08. The van der Waals surface area contributed by atoms with Crippen molar-refractivity contribution in [3.05, 3.63) is 18.2 Å². The quantitative estimate of drug-likeness (QED) is 0.678. The lowest BCUT2D eigenvalue weighted by Gasteiger charge is -2.22. The normalized spacial score (nSPS) is 12.5. The maximum Gasteiger partial charge on any atom is 0.238 e. The van der Waals surface area contributed by atoms with Gasteiger partial charge in [0.1, 0.15) is 0 Å². The van der Waals surface area contributed by atoms with E-state index < -0.39 is 10.0 Å². The van der Waals surface area contributed by atoms with Gasteiger partial charge in [-0.15, -0.1) is 0 Å². The van der Waals surface area contributed by atoms with Gasteiger partial charge in [0.25, 0.3) is 0 Å². The summed E-state index contributed by atoms with van der Waals surface area (Å²) in [7, 11) is -3.72. The third kappa shape index (κ3) is 3.71. The van der Waals surface area contributed by atoms with Crippen LogP contribution in [0.4, 0.5) is 11.4 Å². The molecule has 0 aliphatic rings. The Kier molecular flexibility index (Phi) is 3.16. The van der Waals surface area contributed by atoms with Crippen molar-refractivity contribution in [1.29, 1.82) is 0 Å². The summed E-state index contributed by atoms with van der Waals surface area (Å²) in [6, 6.07) is 4.47. The predicted octanol–water partition coefficient (Wildman–Crippen LogP) is 1.13. The molecule has 1 aromatic rings. The average Bonchev–Trinajstić information content (AvgIpc) is 1.97. The van der Waals surface area contributed by atoms with E-state index in [9.17, 15) is 8.42 Å². The highest BCUT2D eigenvalue weighted by atomic mass is 32.2. The van der Waals surface area contributed by atoms with Crippen LogP contribution in [0.2, 0.25) is 0 Å². The highest BCUT2D eigenvalue weighted by molar-refractivity contribution is 7.89. The maximum atomic E-state index is 11.2. The summed E-state index contributed by atoms with van der Waals surface area (Å²) in [5.41, 5.74) is 6.43. The summed E-state index contributed by atoms with van der Waals surface area (Å²) in [6.45, 7) is 5.90. The van der Waals surface area contributed by atoms with Crippen LogP contribution in [0.3, 0.4) is 0 Å². The second kappa shape index (κ2) is 3.95. The van der Waals surface area contributed by atoms with Crippen molar-refractivity contribution in [3.63, 3.8) is 0 Å². The number of hydrogen-bond acceptors (Lipinski definition) is 4. The number of primary sulfonamides is 1. The van der Waals surface area contributed by atoms with Gasteiger partial charge in [-0.25, -0.2) is 13.6 Å². The van der Waals surface area contributed by atoms with Crippen molar-refractivity contribution in [2.45, 2.75) is 31.2 Å². The number of hydrogen-bond donors (Lipinski definition) is 3. The third-order valence-corrected chi connectivity index (χ3v) is 2.67. The molecule has 0 heterocycles. The van der Waals surface area contributed by atoms with Crippen molar-refractivity contribution in [1.82, 2.24) is 0 Å². The molecule has 5 nitrogen and oxygen atoms in total. The SMILES string of the molecule is CC(C)(C)Nc1cc(N)cc(S(N)(=O)=O)c1. The smallest absolute Gasteiger partial charge is 0.238 e. The maximum absolute atomic E-state index is 11.2. The van der Waals surface area contributed by atoms with Crippen LogP contribution >= 0.6 is 0 Å². The lowest BCUT2D eigenvalue weighted by atomic mass is 10.1. The summed E-state index contributed by atoms with van der Waals surface area (Å²) in [5, 5.41) is 8.18. The van der Waals surface area contributed by atoms with Gasteiger partial charge in [0.15, 0.2) is 0 Å². The molecule has 0 aliphatic carbocycles. The zero-order valence-corrected chi connectivity index (χ0v) is 10.4. The molecule has 0 spiro atoms. The summed E-state index contributed by atoms with van der Waals surface area (Å²) in [6.07, 6.45) is 0. The van der Waals surface area contributed by atoms with Crippen molar-refractivity contribution >= 4 is 21.4 Å². The van der Waals surface area contributed by atoms with Gasteiger partial charge in [-0.2, -0.15) is 0 Å². The molecule has 0 amide bonds. The monoisotopic (exact) mass is 243 g/mol. The fraction of sp³-hybridized carbons (Fsp3) is 0.400. The van der Waals surface area contributed by atoms with Crippen LogP contribution in [0.15, 0.2) is 23.1 Å². The molecule has 0 atom stereocenters. The Bertz CT molecular complexity index is 489. The van der Waals surface area contributed by atoms with E-state index in [0.29, 0.717) is 11.4 Å². The van der Waals surface area contributed by atoms with Gasteiger partial charge in [-0.05, 0) is 39.0 Å². The molecular weight excluding hydrogens is 226 g/mol. The Morgan fingerprint density at radius 2 is 1.75 bits per heavy atom. The van der Waals surface area contributed by atoms with E-state index in [1.807, 2.05) is 20.8 Å². The molecule has 0 radical (unpaired) electrons. The van der Waals surface area contributed by atoms with Crippen molar-refractivity contribution in [2.24, 2.45) is 5.14 Å². The van der Waals surface area contributed by atoms with Crippen LogP contribution < -0.4 is 16.2 Å². The number of nitrogens with one attached hydrogen (secondary N) is 1. The van der Waals surface area contributed by atoms with Gasteiger partial charge in [-0.1, -0.05) is 0 Å². The number of nitrogens with two attached hydrogens (primary N) is 2. The lowest BCUT2D eigenvalue weighted by Crippen LogP contribution is -2.26. The molecule has 16 heavy (non-hydrogen) atoms. The zero-order valence-electron chi connectivity index (χ0n) is 9.61. The van der Waals surface area contributed by atoms with Crippen LogP contribution in [0.5, 0.6) is 0 Å². The van der Waals surface area contributed by atoms with Gasteiger partial charge in [0, 0.05) is 16.9 Å². The predicted molar refractivity (Wildman–Crippen MR) is 65.6 cm³/mol. The fourth-order valence-electron chi connectivity index (χ4n) is 1.29. The van der Waals surface area contributed by atoms with Crippen LogP contribution in [-0.2, 0) is 10.0 Å². The van der Waals surface area contributed by atoms with Crippen LogP contribution in [0, 0.1) is 0 Å². The summed E-state index contributed by atoms with van der Waals surface area (Å²) in [4.78, 5) is 0.0132. The number of nitrogen functional groups attached to an aromatic ring is 1. The molecule has 90 valence electrons. The van der Waals surface area contributed by atoms with Gasteiger partial charge in [0.2, 0.25) is 10.0 Å². The molecule has 0 saturated heterocycles. The molecule has 6 heteroatoms. The Hall–Kier alpha value is -1.27. The topological polar surface area (TPSA) is 98.2 Å². The van der Waals surface area contributed by atoms with Crippen LogP contribution in [0.25, 0.3) is 0 Å². The molecule has 1 rings (SSSR count). The molecule has 0 bridgehead atoms. The van der Waals surface area contributed by atoms with E-state index in [1.165, 1.54) is 12.1 Å². The van der Waals surface area contributed by atoms with E-state index in [0.717, 1.165) is 0 Å². The number of anilines is 2. The number of sulfonamides is 1. The molecule has 0 unspecified atom stereocenters. The van der Waals surface area contributed by atoms with Gasteiger partial charge >= 0.3 is 0 Å². The van der Waals surface area contributed by atoms with Crippen molar-refractivity contribution in [3.8, 4) is 0 Å². The summed E-state index contributed by atoms with van der Waals surface area (Å²) < 4.78 is 22.4. The summed E-state index contributed by atoms with van der Waals surface area (Å²) >= 11 is 0. The number of rotatable bonds is 2. The largest absolute Gasteiger partial charge is 0.399 e. The molecule has 0 aromatic heterocycles. The molecule has 5 N–H and O–H groups in total.